The number of benzene rings is 1. The first-order valence-electron chi connectivity index (χ1n) is 6.94. The summed E-state index contributed by atoms with van der Waals surface area (Å²) in [5.74, 6) is -0.137. The van der Waals surface area contributed by atoms with Crippen molar-refractivity contribution in [3.63, 3.8) is 0 Å². The third-order valence-corrected chi connectivity index (χ3v) is 3.64. The Hall–Kier alpha value is -2.89. The molecule has 0 unspecified atom stereocenters. The second-order valence-corrected chi connectivity index (χ2v) is 5.21. The minimum Gasteiger partial charge on any atom is -0.340 e. The van der Waals surface area contributed by atoms with Gasteiger partial charge in [-0.25, -0.2) is 4.98 Å². The minimum absolute atomic E-state index is 0.137. The van der Waals surface area contributed by atoms with E-state index in [0.717, 1.165) is 11.4 Å². The third kappa shape index (κ3) is 2.63. The van der Waals surface area contributed by atoms with E-state index >= 15 is 0 Å². The summed E-state index contributed by atoms with van der Waals surface area (Å²) in [5.41, 5.74) is 3.02. The molecule has 2 heterocycles. The van der Waals surface area contributed by atoms with E-state index in [1.165, 1.54) is 6.33 Å². The summed E-state index contributed by atoms with van der Waals surface area (Å²) in [4.78, 5) is 30.5. The zero-order valence-corrected chi connectivity index (χ0v) is 12.4. The molecule has 0 aliphatic heterocycles. The summed E-state index contributed by atoms with van der Waals surface area (Å²) in [5, 5.41) is 3.27. The standard InChI is InChI=1S/C16H16N4O2/c1-10-3-4-11(2)20(10)8-15(21)19-12-5-6-14-13(7-12)16(22)18-9-17-14/h3-7,9H,8H2,1-2H3,(H,19,21)(H,17,18,22). The van der Waals surface area contributed by atoms with Crippen molar-refractivity contribution >= 4 is 22.5 Å². The molecule has 1 aromatic carbocycles. The highest BCUT2D eigenvalue weighted by atomic mass is 16.2. The van der Waals surface area contributed by atoms with Gasteiger partial charge in [0.25, 0.3) is 5.56 Å². The van der Waals surface area contributed by atoms with Gasteiger partial charge in [0.1, 0.15) is 6.54 Å². The number of carbonyl (C=O) groups is 1. The highest BCUT2D eigenvalue weighted by molar-refractivity contribution is 5.93. The summed E-state index contributed by atoms with van der Waals surface area (Å²) in [6.45, 7) is 4.16. The number of amides is 1. The zero-order chi connectivity index (χ0) is 15.7. The van der Waals surface area contributed by atoms with E-state index in [4.69, 9.17) is 0 Å². The number of fused-ring (bicyclic) bond motifs is 1. The van der Waals surface area contributed by atoms with E-state index in [-0.39, 0.29) is 18.0 Å². The molecule has 6 nitrogen and oxygen atoms in total. The Morgan fingerprint density at radius 1 is 1.23 bits per heavy atom. The number of rotatable bonds is 3. The van der Waals surface area contributed by atoms with Gasteiger partial charge in [0.05, 0.1) is 17.2 Å². The molecule has 0 bridgehead atoms. The number of carbonyl (C=O) groups excluding carboxylic acids is 1. The number of nitrogens with zero attached hydrogens (tertiary/aromatic N) is 2. The van der Waals surface area contributed by atoms with Gasteiger partial charge in [-0.3, -0.25) is 9.59 Å². The smallest absolute Gasteiger partial charge is 0.258 e. The van der Waals surface area contributed by atoms with E-state index < -0.39 is 0 Å². The van der Waals surface area contributed by atoms with Gasteiger partial charge in [0.15, 0.2) is 0 Å². The molecule has 2 N–H and O–H groups in total. The molecule has 0 fully saturated rings. The molecular formula is C16H16N4O2. The maximum atomic E-state index is 12.2. The Bertz CT molecular complexity index is 888. The molecule has 6 heteroatoms. The van der Waals surface area contributed by atoms with Crippen LogP contribution in [-0.4, -0.2) is 20.4 Å². The van der Waals surface area contributed by atoms with Gasteiger partial charge in [-0.15, -0.1) is 0 Å². The quantitative estimate of drug-likeness (QED) is 0.775. The van der Waals surface area contributed by atoms with Crippen LogP contribution in [0.1, 0.15) is 11.4 Å². The molecule has 1 amide bonds. The van der Waals surface area contributed by atoms with E-state index in [0.29, 0.717) is 16.6 Å². The van der Waals surface area contributed by atoms with Crippen LogP contribution in [0.25, 0.3) is 10.9 Å². The van der Waals surface area contributed by atoms with Crippen molar-refractivity contribution < 1.29 is 4.79 Å². The normalized spacial score (nSPS) is 10.8. The lowest BCUT2D eigenvalue weighted by Gasteiger charge is -2.10. The SMILES string of the molecule is Cc1ccc(C)n1CC(=O)Nc1ccc2nc[nH]c(=O)c2c1. The number of hydrogen-bond donors (Lipinski definition) is 2. The molecule has 0 aliphatic rings. The van der Waals surface area contributed by atoms with E-state index in [2.05, 4.69) is 15.3 Å². The Morgan fingerprint density at radius 2 is 1.95 bits per heavy atom. The Balaban J connectivity index is 1.82. The second kappa shape index (κ2) is 5.48. The lowest BCUT2D eigenvalue weighted by atomic mass is 10.2. The van der Waals surface area contributed by atoms with Gasteiger partial charge in [0.2, 0.25) is 5.91 Å². The molecule has 3 aromatic rings. The van der Waals surface area contributed by atoms with Gasteiger partial charge >= 0.3 is 0 Å². The molecular weight excluding hydrogens is 280 g/mol. The number of nitrogens with one attached hydrogen (secondary N) is 2. The first-order chi connectivity index (χ1) is 10.5. The number of aromatic amines is 1. The lowest BCUT2D eigenvalue weighted by molar-refractivity contribution is -0.116. The van der Waals surface area contributed by atoms with Crippen LogP contribution in [0.2, 0.25) is 0 Å². The van der Waals surface area contributed by atoms with Crippen molar-refractivity contribution in [1.82, 2.24) is 14.5 Å². The average Bonchev–Trinajstić information content (AvgIpc) is 2.80. The van der Waals surface area contributed by atoms with E-state index in [1.54, 1.807) is 18.2 Å². The van der Waals surface area contributed by atoms with Crippen molar-refractivity contribution in [2.24, 2.45) is 0 Å². The van der Waals surface area contributed by atoms with Crippen LogP contribution in [0.15, 0.2) is 41.5 Å². The topological polar surface area (TPSA) is 79.8 Å². The van der Waals surface area contributed by atoms with Crippen LogP contribution in [0.3, 0.4) is 0 Å². The highest BCUT2D eigenvalue weighted by Crippen LogP contribution is 2.14. The molecule has 2 aromatic heterocycles. The molecule has 0 aliphatic carbocycles. The maximum Gasteiger partial charge on any atom is 0.258 e. The molecule has 0 saturated heterocycles. The van der Waals surface area contributed by atoms with Gasteiger partial charge < -0.3 is 14.9 Å². The number of H-pyrrole nitrogens is 1. The summed E-state index contributed by atoms with van der Waals surface area (Å²) in [6.07, 6.45) is 1.36. The first-order valence-corrected chi connectivity index (χ1v) is 6.94. The lowest BCUT2D eigenvalue weighted by Crippen LogP contribution is -2.20. The average molecular weight is 296 g/mol. The first kappa shape index (κ1) is 14.1. The monoisotopic (exact) mass is 296 g/mol. The summed E-state index contributed by atoms with van der Waals surface area (Å²) in [7, 11) is 0. The highest BCUT2D eigenvalue weighted by Gasteiger charge is 2.08. The molecule has 0 saturated carbocycles. The Kier molecular flexibility index (Phi) is 3.50. The molecule has 3 rings (SSSR count). The van der Waals surface area contributed by atoms with Crippen LogP contribution in [-0.2, 0) is 11.3 Å². The van der Waals surface area contributed by atoms with Crippen LogP contribution < -0.4 is 10.9 Å². The fraction of sp³-hybridized carbons (Fsp3) is 0.188. The van der Waals surface area contributed by atoms with Crippen molar-refractivity contribution in [3.05, 3.63) is 58.4 Å². The predicted octanol–water partition coefficient (Wildman–Crippen LogP) is 1.98. The Morgan fingerprint density at radius 3 is 2.68 bits per heavy atom. The minimum atomic E-state index is -0.224. The largest absolute Gasteiger partial charge is 0.340 e. The summed E-state index contributed by atoms with van der Waals surface area (Å²) < 4.78 is 1.94. The zero-order valence-electron chi connectivity index (χ0n) is 12.4. The van der Waals surface area contributed by atoms with Crippen LogP contribution >= 0.6 is 0 Å². The van der Waals surface area contributed by atoms with Crippen molar-refractivity contribution in [2.45, 2.75) is 20.4 Å². The predicted molar refractivity (Wildman–Crippen MR) is 84.9 cm³/mol. The molecule has 0 spiro atoms. The molecule has 112 valence electrons. The molecule has 0 radical (unpaired) electrons. The van der Waals surface area contributed by atoms with Gasteiger partial charge in [-0.2, -0.15) is 0 Å². The van der Waals surface area contributed by atoms with Crippen LogP contribution in [0, 0.1) is 13.8 Å². The number of hydrogen-bond acceptors (Lipinski definition) is 3. The number of aromatic nitrogens is 3. The van der Waals surface area contributed by atoms with Crippen molar-refractivity contribution in [3.8, 4) is 0 Å². The van der Waals surface area contributed by atoms with Crippen molar-refractivity contribution in [1.29, 1.82) is 0 Å². The second-order valence-electron chi connectivity index (χ2n) is 5.21. The third-order valence-electron chi connectivity index (χ3n) is 3.64. The van der Waals surface area contributed by atoms with Gasteiger partial charge in [-0.05, 0) is 44.2 Å². The van der Waals surface area contributed by atoms with E-state index in [9.17, 15) is 9.59 Å². The van der Waals surface area contributed by atoms with Crippen LogP contribution in [0.5, 0.6) is 0 Å². The molecule has 0 atom stereocenters. The Labute approximate surface area is 126 Å². The van der Waals surface area contributed by atoms with Gasteiger partial charge in [0, 0.05) is 17.1 Å². The molecule has 22 heavy (non-hydrogen) atoms. The number of anilines is 1. The van der Waals surface area contributed by atoms with Gasteiger partial charge in [-0.1, -0.05) is 0 Å². The fourth-order valence-corrected chi connectivity index (χ4v) is 2.44. The van der Waals surface area contributed by atoms with E-state index in [1.807, 2.05) is 30.5 Å². The fourth-order valence-electron chi connectivity index (χ4n) is 2.44. The summed E-state index contributed by atoms with van der Waals surface area (Å²) >= 11 is 0. The number of aryl methyl sites for hydroxylation is 2. The van der Waals surface area contributed by atoms with Crippen molar-refractivity contribution in [2.75, 3.05) is 5.32 Å². The van der Waals surface area contributed by atoms with Crippen LogP contribution in [0.4, 0.5) is 5.69 Å². The summed E-state index contributed by atoms with van der Waals surface area (Å²) in [6, 6.07) is 9.04. The maximum absolute atomic E-state index is 12.2.